The third-order valence-electron chi connectivity index (χ3n) is 2.39. The van der Waals surface area contributed by atoms with Crippen molar-refractivity contribution >= 4 is 9.84 Å². The van der Waals surface area contributed by atoms with Crippen molar-refractivity contribution in [3.8, 4) is 0 Å². The second-order valence-electron chi connectivity index (χ2n) is 3.90. The molecule has 0 unspecified atom stereocenters. The molecule has 0 bridgehead atoms. The van der Waals surface area contributed by atoms with E-state index in [0.717, 1.165) is 12.1 Å². The highest BCUT2D eigenvalue weighted by molar-refractivity contribution is 7.91. The van der Waals surface area contributed by atoms with Gasteiger partial charge in [-0.05, 0) is 25.0 Å². The first-order chi connectivity index (χ1) is 8.77. The predicted molar refractivity (Wildman–Crippen MR) is 62.4 cm³/mol. The molecule has 0 spiro atoms. The van der Waals surface area contributed by atoms with Crippen molar-refractivity contribution in [3.05, 3.63) is 23.9 Å². The third kappa shape index (κ3) is 4.79. The number of aromatic nitrogens is 1. The molecule has 0 fully saturated rings. The SMILES string of the molecule is COCCCCS(=O)(=O)c1ccc(C(F)(F)F)cn1. The molecule has 0 saturated heterocycles. The lowest BCUT2D eigenvalue weighted by molar-refractivity contribution is -0.137. The minimum Gasteiger partial charge on any atom is -0.385 e. The average molecular weight is 297 g/mol. The Bertz CT molecular complexity index is 497. The van der Waals surface area contributed by atoms with Crippen LogP contribution in [-0.2, 0) is 20.8 Å². The molecule has 1 rings (SSSR count). The molecule has 0 aromatic carbocycles. The van der Waals surface area contributed by atoms with Crippen LogP contribution >= 0.6 is 0 Å². The second kappa shape index (κ2) is 6.33. The highest BCUT2D eigenvalue weighted by Gasteiger charge is 2.31. The summed E-state index contributed by atoms with van der Waals surface area (Å²) in [4.78, 5) is 3.38. The van der Waals surface area contributed by atoms with E-state index in [1.165, 1.54) is 7.11 Å². The van der Waals surface area contributed by atoms with E-state index in [1.54, 1.807) is 0 Å². The zero-order valence-corrected chi connectivity index (χ0v) is 11.1. The molecule has 8 heteroatoms. The van der Waals surface area contributed by atoms with E-state index in [1.807, 2.05) is 0 Å². The van der Waals surface area contributed by atoms with E-state index in [9.17, 15) is 21.6 Å². The summed E-state index contributed by atoms with van der Waals surface area (Å²) in [5.74, 6) is -0.158. The maximum Gasteiger partial charge on any atom is 0.417 e. The maximum absolute atomic E-state index is 12.3. The fourth-order valence-corrected chi connectivity index (χ4v) is 2.66. The minimum absolute atomic E-state index is 0.158. The highest BCUT2D eigenvalue weighted by atomic mass is 32.2. The lowest BCUT2D eigenvalue weighted by Crippen LogP contribution is -2.11. The van der Waals surface area contributed by atoms with Gasteiger partial charge in [0.15, 0.2) is 14.9 Å². The molecule has 1 aromatic rings. The first-order valence-electron chi connectivity index (χ1n) is 5.52. The van der Waals surface area contributed by atoms with E-state index in [-0.39, 0.29) is 10.8 Å². The van der Waals surface area contributed by atoms with Crippen LogP contribution in [-0.4, -0.2) is 32.9 Å². The summed E-state index contributed by atoms with van der Waals surface area (Å²) >= 11 is 0. The Balaban J connectivity index is 2.74. The van der Waals surface area contributed by atoms with E-state index >= 15 is 0 Å². The number of halogens is 3. The molecule has 0 aliphatic heterocycles. The molecule has 0 aliphatic carbocycles. The summed E-state index contributed by atoms with van der Waals surface area (Å²) in [6.45, 7) is 0.440. The normalized spacial score (nSPS) is 12.6. The van der Waals surface area contributed by atoms with E-state index in [4.69, 9.17) is 4.74 Å². The topological polar surface area (TPSA) is 56.3 Å². The van der Waals surface area contributed by atoms with Crippen LogP contribution in [0, 0.1) is 0 Å². The van der Waals surface area contributed by atoms with Crippen LogP contribution < -0.4 is 0 Å². The quantitative estimate of drug-likeness (QED) is 0.756. The van der Waals surface area contributed by atoms with Crippen LogP contribution in [0.3, 0.4) is 0 Å². The monoisotopic (exact) mass is 297 g/mol. The lowest BCUT2D eigenvalue weighted by atomic mass is 10.3. The van der Waals surface area contributed by atoms with Crippen LogP contribution in [0.15, 0.2) is 23.4 Å². The van der Waals surface area contributed by atoms with Crippen LogP contribution in [0.2, 0.25) is 0 Å². The Labute approximate surface area is 109 Å². The van der Waals surface area contributed by atoms with Gasteiger partial charge in [-0.2, -0.15) is 13.2 Å². The number of pyridine rings is 1. The van der Waals surface area contributed by atoms with Gasteiger partial charge in [0.2, 0.25) is 0 Å². The summed E-state index contributed by atoms with van der Waals surface area (Å²) in [5, 5.41) is -0.335. The summed E-state index contributed by atoms with van der Waals surface area (Å²) in [6, 6.07) is 1.60. The summed E-state index contributed by atoms with van der Waals surface area (Å²) in [5.41, 5.74) is -0.967. The number of sulfone groups is 1. The molecule has 0 radical (unpaired) electrons. The van der Waals surface area contributed by atoms with Gasteiger partial charge in [0.05, 0.1) is 11.3 Å². The number of hydrogen-bond acceptors (Lipinski definition) is 4. The molecule has 0 N–H and O–H groups in total. The zero-order valence-electron chi connectivity index (χ0n) is 10.3. The molecular formula is C11H14F3NO3S. The number of alkyl halides is 3. The zero-order chi connectivity index (χ0) is 14.5. The third-order valence-corrected chi connectivity index (χ3v) is 4.10. The van der Waals surface area contributed by atoms with Crippen molar-refractivity contribution in [2.24, 2.45) is 0 Å². The van der Waals surface area contributed by atoms with Gasteiger partial charge in [-0.3, -0.25) is 0 Å². The first-order valence-corrected chi connectivity index (χ1v) is 7.17. The first kappa shape index (κ1) is 15.9. The molecule has 0 saturated carbocycles. The van der Waals surface area contributed by atoms with Gasteiger partial charge in [0, 0.05) is 19.9 Å². The average Bonchev–Trinajstić information content (AvgIpc) is 2.34. The Morgan fingerprint density at radius 2 is 1.95 bits per heavy atom. The molecule has 0 aliphatic rings. The Hall–Kier alpha value is -1.15. The molecule has 4 nitrogen and oxygen atoms in total. The van der Waals surface area contributed by atoms with Crippen molar-refractivity contribution in [1.29, 1.82) is 0 Å². The van der Waals surface area contributed by atoms with Crippen LogP contribution in [0.25, 0.3) is 0 Å². The van der Waals surface area contributed by atoms with Gasteiger partial charge < -0.3 is 4.74 Å². The standard InChI is InChI=1S/C11H14F3NO3S/c1-18-6-2-3-7-19(16,17)10-5-4-9(8-15-10)11(12,13)14/h4-5,8H,2-3,6-7H2,1H3. The fraction of sp³-hybridized carbons (Fsp3) is 0.545. The summed E-state index contributed by atoms with van der Waals surface area (Å²) in [6.07, 6.45) is -3.05. The number of ether oxygens (including phenoxy) is 1. The second-order valence-corrected chi connectivity index (χ2v) is 5.96. The minimum atomic E-state index is -4.52. The van der Waals surface area contributed by atoms with Crippen molar-refractivity contribution < 1.29 is 26.3 Å². The van der Waals surface area contributed by atoms with Gasteiger partial charge in [-0.25, -0.2) is 13.4 Å². The Morgan fingerprint density at radius 1 is 1.26 bits per heavy atom. The smallest absolute Gasteiger partial charge is 0.385 e. The van der Waals surface area contributed by atoms with Gasteiger partial charge in [-0.1, -0.05) is 0 Å². The van der Waals surface area contributed by atoms with Crippen molar-refractivity contribution in [1.82, 2.24) is 4.98 Å². The highest BCUT2D eigenvalue weighted by Crippen LogP contribution is 2.28. The van der Waals surface area contributed by atoms with Gasteiger partial charge in [0.25, 0.3) is 0 Å². The molecule has 0 atom stereocenters. The largest absolute Gasteiger partial charge is 0.417 e. The van der Waals surface area contributed by atoms with Crippen LogP contribution in [0.1, 0.15) is 18.4 Å². The predicted octanol–water partition coefficient (Wildman–Crippen LogP) is 2.30. The van der Waals surface area contributed by atoms with Crippen molar-refractivity contribution in [2.75, 3.05) is 19.5 Å². The maximum atomic E-state index is 12.3. The van der Waals surface area contributed by atoms with Crippen LogP contribution in [0.4, 0.5) is 13.2 Å². The van der Waals surface area contributed by atoms with Gasteiger partial charge >= 0.3 is 6.18 Å². The molecule has 108 valence electrons. The van der Waals surface area contributed by atoms with Gasteiger partial charge in [-0.15, -0.1) is 0 Å². The van der Waals surface area contributed by atoms with E-state index in [2.05, 4.69) is 4.98 Å². The number of methoxy groups -OCH3 is 1. The van der Waals surface area contributed by atoms with Crippen molar-refractivity contribution in [3.63, 3.8) is 0 Å². The lowest BCUT2D eigenvalue weighted by Gasteiger charge is -2.07. The van der Waals surface area contributed by atoms with E-state index in [0.29, 0.717) is 25.6 Å². The Morgan fingerprint density at radius 3 is 2.42 bits per heavy atom. The number of unbranched alkanes of at least 4 members (excludes halogenated alkanes) is 1. The molecule has 19 heavy (non-hydrogen) atoms. The van der Waals surface area contributed by atoms with Crippen molar-refractivity contribution in [2.45, 2.75) is 24.0 Å². The number of hydrogen-bond donors (Lipinski definition) is 0. The van der Waals surface area contributed by atoms with Crippen LogP contribution in [0.5, 0.6) is 0 Å². The summed E-state index contributed by atoms with van der Waals surface area (Å²) < 4.78 is 65.2. The number of rotatable bonds is 6. The number of nitrogens with zero attached hydrogens (tertiary/aromatic N) is 1. The molecule has 1 heterocycles. The fourth-order valence-electron chi connectivity index (χ4n) is 1.38. The van der Waals surface area contributed by atoms with E-state index < -0.39 is 21.6 Å². The molecule has 0 amide bonds. The molecule has 1 aromatic heterocycles. The van der Waals surface area contributed by atoms with Gasteiger partial charge in [0.1, 0.15) is 0 Å². The Kier molecular flexibility index (Phi) is 5.30. The molecular weight excluding hydrogens is 283 g/mol. The summed E-state index contributed by atoms with van der Waals surface area (Å²) in [7, 11) is -2.13.